The molecule has 0 N–H and O–H groups in total. The van der Waals surface area contributed by atoms with Gasteiger partial charge in [0.05, 0.1) is 23.6 Å². The van der Waals surface area contributed by atoms with Crippen molar-refractivity contribution in [2.45, 2.75) is 49.6 Å². The first-order valence-electron chi connectivity index (χ1n) is 7.40. The Morgan fingerprint density at radius 3 is 2.81 bits per heavy atom. The van der Waals surface area contributed by atoms with Crippen molar-refractivity contribution in [3.8, 4) is 0 Å². The molecular formula is C15H20BrNO3S. The molecular weight excluding hydrogens is 354 g/mol. The fourth-order valence-corrected chi connectivity index (χ4v) is 6.12. The summed E-state index contributed by atoms with van der Waals surface area (Å²) in [7, 11) is -3.47. The summed E-state index contributed by atoms with van der Waals surface area (Å²) in [5.74, 6) is 0. The summed E-state index contributed by atoms with van der Waals surface area (Å²) in [6.07, 6.45) is 4.13. The molecule has 0 spiro atoms. The van der Waals surface area contributed by atoms with Gasteiger partial charge in [-0.2, -0.15) is 4.31 Å². The van der Waals surface area contributed by atoms with E-state index in [2.05, 4.69) is 15.9 Å². The van der Waals surface area contributed by atoms with E-state index in [1.165, 1.54) is 0 Å². The van der Waals surface area contributed by atoms with E-state index in [9.17, 15) is 8.42 Å². The van der Waals surface area contributed by atoms with Crippen molar-refractivity contribution < 1.29 is 13.2 Å². The summed E-state index contributed by atoms with van der Waals surface area (Å²) in [5, 5.41) is 0. The van der Waals surface area contributed by atoms with Crippen LogP contribution in [0.15, 0.2) is 27.6 Å². The van der Waals surface area contributed by atoms with Crippen LogP contribution in [0.1, 0.15) is 31.2 Å². The molecule has 2 atom stereocenters. The summed E-state index contributed by atoms with van der Waals surface area (Å²) in [6.45, 7) is 2.89. The fourth-order valence-electron chi connectivity index (χ4n) is 3.30. The van der Waals surface area contributed by atoms with Gasteiger partial charge in [-0.1, -0.05) is 18.9 Å². The Labute approximate surface area is 134 Å². The number of fused-ring (bicyclic) bond motifs is 1. The minimum atomic E-state index is -3.47. The van der Waals surface area contributed by atoms with Crippen molar-refractivity contribution in [3.05, 3.63) is 28.2 Å². The molecule has 1 saturated carbocycles. The molecule has 1 saturated heterocycles. The van der Waals surface area contributed by atoms with E-state index in [0.717, 1.165) is 31.2 Å². The second kappa shape index (κ2) is 5.99. The lowest BCUT2D eigenvalue weighted by molar-refractivity contribution is -0.0586. The van der Waals surface area contributed by atoms with E-state index in [4.69, 9.17) is 4.74 Å². The lowest BCUT2D eigenvalue weighted by atomic mass is 9.91. The summed E-state index contributed by atoms with van der Waals surface area (Å²) in [4.78, 5) is 0.360. The smallest absolute Gasteiger partial charge is 0.244 e. The SMILES string of the molecule is Cc1ccc(S(=O)(=O)N2CCOC3CCCCC32)c(Br)c1. The zero-order valence-corrected chi connectivity index (χ0v) is 14.5. The van der Waals surface area contributed by atoms with Crippen molar-refractivity contribution in [3.63, 3.8) is 0 Å². The lowest BCUT2D eigenvalue weighted by Gasteiger charge is -2.42. The molecule has 4 nitrogen and oxygen atoms in total. The van der Waals surface area contributed by atoms with Gasteiger partial charge in [-0.3, -0.25) is 0 Å². The third-order valence-electron chi connectivity index (χ3n) is 4.36. The third kappa shape index (κ3) is 2.91. The van der Waals surface area contributed by atoms with Crippen molar-refractivity contribution in [1.29, 1.82) is 0 Å². The van der Waals surface area contributed by atoms with Gasteiger partial charge in [-0.05, 0) is 53.4 Å². The summed E-state index contributed by atoms with van der Waals surface area (Å²) < 4.78 is 34.1. The normalized spacial score (nSPS) is 27.3. The zero-order chi connectivity index (χ0) is 15.0. The molecule has 1 aromatic carbocycles. The van der Waals surface area contributed by atoms with Gasteiger partial charge in [0.1, 0.15) is 0 Å². The van der Waals surface area contributed by atoms with Gasteiger partial charge in [0.15, 0.2) is 0 Å². The predicted molar refractivity (Wildman–Crippen MR) is 84.8 cm³/mol. The Morgan fingerprint density at radius 1 is 1.29 bits per heavy atom. The highest BCUT2D eigenvalue weighted by molar-refractivity contribution is 9.10. The van der Waals surface area contributed by atoms with E-state index < -0.39 is 10.0 Å². The van der Waals surface area contributed by atoms with Crippen molar-refractivity contribution in [1.82, 2.24) is 4.31 Å². The highest BCUT2D eigenvalue weighted by atomic mass is 79.9. The Kier molecular flexibility index (Phi) is 4.41. The minimum Gasteiger partial charge on any atom is -0.375 e. The van der Waals surface area contributed by atoms with Crippen LogP contribution in [-0.2, 0) is 14.8 Å². The lowest BCUT2D eigenvalue weighted by Crippen LogP contribution is -2.54. The Bertz CT molecular complexity index is 630. The Hall–Kier alpha value is -0.430. The number of rotatable bonds is 2. The van der Waals surface area contributed by atoms with Crippen LogP contribution in [0.5, 0.6) is 0 Å². The van der Waals surface area contributed by atoms with Crippen LogP contribution >= 0.6 is 15.9 Å². The molecule has 21 heavy (non-hydrogen) atoms. The van der Waals surface area contributed by atoms with Gasteiger partial charge in [0.25, 0.3) is 0 Å². The monoisotopic (exact) mass is 373 g/mol. The molecule has 6 heteroatoms. The Morgan fingerprint density at radius 2 is 2.05 bits per heavy atom. The fraction of sp³-hybridized carbons (Fsp3) is 0.600. The van der Waals surface area contributed by atoms with E-state index in [0.29, 0.717) is 22.5 Å². The van der Waals surface area contributed by atoms with Crippen LogP contribution in [0.25, 0.3) is 0 Å². The van der Waals surface area contributed by atoms with Gasteiger partial charge >= 0.3 is 0 Å². The van der Waals surface area contributed by atoms with Crippen LogP contribution in [0.2, 0.25) is 0 Å². The summed E-state index contributed by atoms with van der Waals surface area (Å²) in [6, 6.07) is 5.38. The first-order valence-corrected chi connectivity index (χ1v) is 9.63. The largest absolute Gasteiger partial charge is 0.375 e. The topological polar surface area (TPSA) is 46.6 Å². The average Bonchev–Trinajstić information content (AvgIpc) is 2.46. The Balaban J connectivity index is 1.96. The maximum Gasteiger partial charge on any atom is 0.244 e. The maximum atomic E-state index is 13.0. The number of hydrogen-bond donors (Lipinski definition) is 0. The minimum absolute atomic E-state index is 0.00861. The molecule has 1 aliphatic heterocycles. The number of halogens is 1. The predicted octanol–water partition coefficient (Wildman–Crippen LogP) is 3.09. The van der Waals surface area contributed by atoms with Crippen LogP contribution in [-0.4, -0.2) is 38.0 Å². The maximum absolute atomic E-state index is 13.0. The van der Waals surface area contributed by atoms with Crippen LogP contribution < -0.4 is 0 Å². The number of hydrogen-bond acceptors (Lipinski definition) is 3. The summed E-state index contributed by atoms with van der Waals surface area (Å²) in [5.41, 5.74) is 1.04. The number of benzene rings is 1. The molecule has 2 fully saturated rings. The molecule has 0 amide bonds. The molecule has 1 aliphatic carbocycles. The third-order valence-corrected chi connectivity index (χ3v) is 7.26. The van der Waals surface area contributed by atoms with Crippen LogP contribution in [0.3, 0.4) is 0 Å². The molecule has 0 radical (unpaired) electrons. The van der Waals surface area contributed by atoms with Gasteiger partial charge in [-0.25, -0.2) is 8.42 Å². The second-order valence-electron chi connectivity index (χ2n) is 5.81. The van der Waals surface area contributed by atoms with Gasteiger partial charge in [-0.15, -0.1) is 0 Å². The summed E-state index contributed by atoms with van der Waals surface area (Å²) >= 11 is 3.40. The molecule has 1 aromatic rings. The van der Waals surface area contributed by atoms with Crippen molar-refractivity contribution >= 4 is 26.0 Å². The van der Waals surface area contributed by atoms with E-state index in [-0.39, 0.29) is 12.1 Å². The average molecular weight is 374 g/mol. The van der Waals surface area contributed by atoms with Gasteiger partial charge in [0, 0.05) is 11.0 Å². The highest BCUT2D eigenvalue weighted by Crippen LogP contribution is 2.34. The van der Waals surface area contributed by atoms with Gasteiger partial charge in [0.2, 0.25) is 10.0 Å². The van der Waals surface area contributed by atoms with E-state index in [1.807, 2.05) is 19.1 Å². The van der Waals surface area contributed by atoms with Gasteiger partial charge < -0.3 is 4.74 Å². The number of aryl methyl sites for hydroxylation is 1. The molecule has 2 unspecified atom stereocenters. The van der Waals surface area contributed by atoms with E-state index >= 15 is 0 Å². The second-order valence-corrected chi connectivity index (χ2v) is 8.52. The van der Waals surface area contributed by atoms with Crippen molar-refractivity contribution in [2.75, 3.05) is 13.2 Å². The zero-order valence-electron chi connectivity index (χ0n) is 12.1. The molecule has 1 heterocycles. The number of morpholine rings is 1. The van der Waals surface area contributed by atoms with E-state index in [1.54, 1.807) is 10.4 Å². The quantitative estimate of drug-likeness (QED) is 0.799. The number of sulfonamides is 1. The standard InChI is InChI=1S/C15H20BrNO3S/c1-11-6-7-15(12(16)10-11)21(18,19)17-8-9-20-14-5-3-2-4-13(14)17/h6-7,10,13-14H,2-5,8-9H2,1H3. The molecule has 0 aromatic heterocycles. The molecule has 0 bridgehead atoms. The molecule has 116 valence electrons. The van der Waals surface area contributed by atoms with Crippen LogP contribution in [0, 0.1) is 6.92 Å². The first-order chi connectivity index (χ1) is 10.00. The molecule has 3 rings (SSSR count). The van der Waals surface area contributed by atoms with Crippen molar-refractivity contribution in [2.24, 2.45) is 0 Å². The first kappa shape index (κ1) is 15.5. The van der Waals surface area contributed by atoms with Crippen LogP contribution in [0.4, 0.5) is 0 Å². The number of nitrogens with zero attached hydrogens (tertiary/aromatic N) is 1. The highest BCUT2D eigenvalue weighted by Gasteiger charge is 2.41. The molecule has 2 aliphatic rings. The number of ether oxygens (including phenoxy) is 1.